The predicted molar refractivity (Wildman–Crippen MR) is 77.0 cm³/mol. The Kier molecular flexibility index (Phi) is 2.09. The van der Waals surface area contributed by atoms with Crippen molar-refractivity contribution in [1.29, 1.82) is 0 Å². The minimum atomic E-state index is -0.227. The molecule has 2 saturated heterocycles. The first kappa shape index (κ1) is 12.2. The van der Waals surface area contributed by atoms with E-state index in [1.165, 1.54) is 12.0 Å². The van der Waals surface area contributed by atoms with Crippen molar-refractivity contribution in [1.82, 2.24) is 4.90 Å². The number of rotatable bonds is 0. The van der Waals surface area contributed by atoms with Gasteiger partial charge in [-0.1, -0.05) is 0 Å². The second-order valence-electron chi connectivity index (χ2n) is 7.22. The van der Waals surface area contributed by atoms with Crippen LogP contribution in [0.3, 0.4) is 0 Å². The third-order valence-electron chi connectivity index (χ3n) is 6.44. The molecule has 4 heterocycles. The van der Waals surface area contributed by atoms with Crippen LogP contribution in [0.1, 0.15) is 36.7 Å². The van der Waals surface area contributed by atoms with Crippen LogP contribution < -0.4 is 9.47 Å². The molecule has 0 aromatic heterocycles. The fourth-order valence-corrected chi connectivity index (χ4v) is 5.53. The van der Waals surface area contributed by atoms with Crippen LogP contribution in [0.5, 0.6) is 11.5 Å². The first-order valence-corrected chi connectivity index (χ1v) is 8.22. The Morgan fingerprint density at radius 1 is 1.14 bits per heavy atom. The molecule has 1 aromatic carbocycles. The first-order chi connectivity index (χ1) is 10.8. The Labute approximate surface area is 129 Å². The van der Waals surface area contributed by atoms with Gasteiger partial charge in [0.15, 0.2) is 17.8 Å². The lowest BCUT2D eigenvalue weighted by molar-refractivity contribution is -0.0914. The maximum Gasteiger partial charge on any atom is 0.231 e. The van der Waals surface area contributed by atoms with Gasteiger partial charge < -0.3 is 23.8 Å². The molecule has 5 heteroatoms. The van der Waals surface area contributed by atoms with Gasteiger partial charge in [0.25, 0.3) is 0 Å². The largest absolute Gasteiger partial charge is 0.454 e. The summed E-state index contributed by atoms with van der Waals surface area (Å²) >= 11 is 0. The monoisotopic (exact) mass is 301 g/mol. The molecule has 5 atom stereocenters. The van der Waals surface area contributed by atoms with Crippen LogP contribution in [0, 0.1) is 0 Å². The normalized spacial score (nSPS) is 44.0. The molecular weight excluding hydrogens is 282 g/mol. The van der Waals surface area contributed by atoms with E-state index < -0.39 is 0 Å². The molecule has 5 nitrogen and oxygen atoms in total. The van der Waals surface area contributed by atoms with Gasteiger partial charge in [-0.3, -0.25) is 0 Å². The molecule has 0 radical (unpaired) electrons. The lowest BCUT2D eigenvalue weighted by Gasteiger charge is -2.48. The van der Waals surface area contributed by atoms with Gasteiger partial charge in [-0.15, -0.1) is 0 Å². The molecule has 1 aromatic rings. The van der Waals surface area contributed by atoms with Crippen molar-refractivity contribution < 1.29 is 18.9 Å². The molecule has 0 N–H and O–H groups in total. The van der Waals surface area contributed by atoms with Gasteiger partial charge in [0.05, 0.1) is 12.2 Å². The number of benzene rings is 1. The maximum absolute atomic E-state index is 6.36. The molecule has 2 bridgehead atoms. The first-order valence-electron chi connectivity index (χ1n) is 8.22. The van der Waals surface area contributed by atoms with Crippen molar-refractivity contribution in [3.63, 3.8) is 0 Å². The van der Waals surface area contributed by atoms with E-state index in [9.17, 15) is 0 Å². The third kappa shape index (κ3) is 1.21. The molecular formula is C17H19NO4. The van der Waals surface area contributed by atoms with Gasteiger partial charge in [0, 0.05) is 17.0 Å². The number of ether oxygens (including phenoxy) is 4. The fourth-order valence-electron chi connectivity index (χ4n) is 5.53. The molecule has 3 fully saturated rings. The number of nitrogens with zero attached hydrogens (tertiary/aromatic N) is 1. The second kappa shape index (κ2) is 3.78. The predicted octanol–water partition coefficient (Wildman–Crippen LogP) is 1.95. The zero-order valence-electron chi connectivity index (χ0n) is 12.6. The van der Waals surface area contributed by atoms with Crippen molar-refractivity contribution in [3.05, 3.63) is 23.3 Å². The van der Waals surface area contributed by atoms with Crippen molar-refractivity contribution in [2.75, 3.05) is 20.4 Å². The van der Waals surface area contributed by atoms with E-state index in [2.05, 4.69) is 24.1 Å². The summed E-state index contributed by atoms with van der Waals surface area (Å²) in [5, 5.41) is 0. The topological polar surface area (TPSA) is 40.2 Å². The van der Waals surface area contributed by atoms with Crippen molar-refractivity contribution in [3.8, 4) is 11.5 Å². The second-order valence-corrected chi connectivity index (χ2v) is 7.22. The van der Waals surface area contributed by atoms with Crippen molar-refractivity contribution >= 4 is 0 Å². The van der Waals surface area contributed by atoms with Crippen LogP contribution in [-0.2, 0) is 14.9 Å². The quantitative estimate of drug-likeness (QED) is 0.732. The van der Waals surface area contributed by atoms with E-state index >= 15 is 0 Å². The number of likely N-dealkylation sites (N-methyl/N-ethyl adjacent to an activating group) is 1. The van der Waals surface area contributed by atoms with Gasteiger partial charge in [-0.2, -0.15) is 0 Å². The molecule has 1 saturated carbocycles. The van der Waals surface area contributed by atoms with E-state index in [1.807, 2.05) is 0 Å². The molecule has 22 heavy (non-hydrogen) atoms. The summed E-state index contributed by atoms with van der Waals surface area (Å²) in [7, 11) is 2.24. The number of hydrogen-bond donors (Lipinski definition) is 0. The van der Waals surface area contributed by atoms with E-state index in [1.54, 1.807) is 0 Å². The van der Waals surface area contributed by atoms with Gasteiger partial charge in [-0.25, -0.2) is 0 Å². The van der Waals surface area contributed by atoms with Crippen LogP contribution in [-0.4, -0.2) is 43.5 Å². The average molecular weight is 301 g/mol. The Balaban J connectivity index is 1.63. The highest BCUT2D eigenvalue weighted by Crippen LogP contribution is 2.61. The van der Waals surface area contributed by atoms with Crippen LogP contribution in [0.2, 0.25) is 0 Å². The number of fused-ring (bicyclic) bond motifs is 4. The zero-order chi connectivity index (χ0) is 14.5. The number of likely N-dealkylation sites (tertiary alicyclic amines) is 1. The Morgan fingerprint density at radius 2 is 2.00 bits per heavy atom. The Hall–Kier alpha value is -1.30. The van der Waals surface area contributed by atoms with Crippen LogP contribution in [0.4, 0.5) is 0 Å². The number of hydrogen-bond acceptors (Lipinski definition) is 5. The molecule has 4 aliphatic heterocycles. The van der Waals surface area contributed by atoms with Crippen LogP contribution in [0.15, 0.2) is 12.1 Å². The highest BCUT2D eigenvalue weighted by atomic mass is 16.7. The third-order valence-corrected chi connectivity index (χ3v) is 6.44. The van der Waals surface area contributed by atoms with E-state index in [0.717, 1.165) is 36.4 Å². The summed E-state index contributed by atoms with van der Waals surface area (Å²) in [6.45, 7) is 1.43. The SMILES string of the molecule is CN1CCC23c4cc5c(cc4C4OC(CCC12)C3O4)OCO5. The Morgan fingerprint density at radius 3 is 2.91 bits per heavy atom. The van der Waals surface area contributed by atoms with Crippen LogP contribution in [0.25, 0.3) is 0 Å². The van der Waals surface area contributed by atoms with Crippen molar-refractivity contribution in [2.45, 2.75) is 49.2 Å². The molecule has 5 unspecified atom stereocenters. The lowest BCUT2D eigenvalue weighted by atomic mass is 9.62. The minimum absolute atomic E-state index is 0.0565. The smallest absolute Gasteiger partial charge is 0.231 e. The van der Waals surface area contributed by atoms with Crippen LogP contribution >= 0.6 is 0 Å². The van der Waals surface area contributed by atoms with Gasteiger partial charge in [0.1, 0.15) is 0 Å². The maximum atomic E-state index is 6.36. The van der Waals surface area contributed by atoms with Gasteiger partial charge in [-0.05, 0) is 50.6 Å². The minimum Gasteiger partial charge on any atom is -0.454 e. The van der Waals surface area contributed by atoms with E-state index in [-0.39, 0.29) is 23.9 Å². The molecule has 5 aliphatic rings. The highest BCUT2D eigenvalue weighted by molar-refractivity contribution is 5.55. The summed E-state index contributed by atoms with van der Waals surface area (Å²) in [6, 6.07) is 4.84. The molecule has 1 spiro atoms. The molecule has 6 rings (SSSR count). The van der Waals surface area contributed by atoms with E-state index in [0.29, 0.717) is 12.8 Å². The summed E-state index contributed by atoms with van der Waals surface area (Å²) < 4.78 is 23.8. The lowest BCUT2D eigenvalue weighted by Crippen LogP contribution is -2.57. The zero-order valence-corrected chi connectivity index (χ0v) is 12.6. The fraction of sp³-hybridized carbons (Fsp3) is 0.647. The molecule has 116 valence electrons. The van der Waals surface area contributed by atoms with Gasteiger partial charge >= 0.3 is 0 Å². The van der Waals surface area contributed by atoms with Gasteiger partial charge in [0.2, 0.25) is 6.79 Å². The molecule has 0 amide bonds. The summed E-state index contributed by atoms with van der Waals surface area (Å²) in [6.07, 6.45) is 3.61. The Bertz CT molecular complexity index is 677. The summed E-state index contributed by atoms with van der Waals surface area (Å²) in [4.78, 5) is 2.51. The van der Waals surface area contributed by atoms with Crippen molar-refractivity contribution in [2.24, 2.45) is 0 Å². The molecule has 1 aliphatic carbocycles. The standard InChI is InChI=1S/C17H19NO4/c1-18-5-4-17-10-7-13-12(19-8-20-13)6-9(10)16-21-11(15(17)22-16)2-3-14(17)18/h6-7,11,14-16H,2-5,8H2,1H3. The highest BCUT2D eigenvalue weighted by Gasteiger charge is 2.65. The summed E-state index contributed by atoms with van der Waals surface area (Å²) in [5.41, 5.74) is 2.60. The summed E-state index contributed by atoms with van der Waals surface area (Å²) in [5.74, 6) is 1.70. The average Bonchev–Trinajstić information content (AvgIpc) is 3.21. The van der Waals surface area contributed by atoms with E-state index in [4.69, 9.17) is 18.9 Å².